The van der Waals surface area contributed by atoms with Crippen molar-refractivity contribution in [2.45, 2.75) is 13.0 Å². The Morgan fingerprint density at radius 3 is 2.74 bits per heavy atom. The first kappa shape index (κ1) is 14.9. The molecule has 0 unspecified atom stereocenters. The van der Waals surface area contributed by atoms with Crippen molar-refractivity contribution >= 4 is 16.8 Å². The molecule has 0 spiro atoms. The lowest BCUT2D eigenvalue weighted by molar-refractivity contribution is 0.0947. The fourth-order valence-electron chi connectivity index (χ4n) is 2.30. The molecule has 3 rings (SSSR count). The molecule has 2 heterocycles. The standard InChI is InChI=1S/C17H16N4O2/c22-16(15-8-3-4-9-18-15)19-10-5-11-21-12-20-14-7-2-1-6-13(14)17(21)23/h1-4,6-9,12H,5,10-11H2,(H,19,22). The molecule has 1 N–H and O–H groups in total. The fraction of sp³-hybridized carbons (Fsp3) is 0.176. The number of fused-ring (bicyclic) bond motifs is 1. The topological polar surface area (TPSA) is 76.9 Å². The second-order valence-corrected chi connectivity index (χ2v) is 5.08. The third kappa shape index (κ3) is 3.42. The van der Waals surface area contributed by atoms with Gasteiger partial charge in [-0.05, 0) is 30.7 Å². The Hall–Kier alpha value is -3.02. The molecule has 3 aromatic rings. The monoisotopic (exact) mass is 308 g/mol. The molecule has 23 heavy (non-hydrogen) atoms. The van der Waals surface area contributed by atoms with E-state index in [1.165, 1.54) is 0 Å². The van der Waals surface area contributed by atoms with Gasteiger partial charge in [0.2, 0.25) is 0 Å². The number of para-hydroxylation sites is 1. The van der Waals surface area contributed by atoms with Gasteiger partial charge >= 0.3 is 0 Å². The molecular formula is C17H16N4O2. The average Bonchev–Trinajstić information content (AvgIpc) is 2.61. The van der Waals surface area contributed by atoms with Crippen LogP contribution in [0.15, 0.2) is 59.8 Å². The van der Waals surface area contributed by atoms with E-state index in [0.717, 1.165) is 0 Å². The van der Waals surface area contributed by atoms with Gasteiger partial charge < -0.3 is 5.32 Å². The van der Waals surface area contributed by atoms with Crippen LogP contribution < -0.4 is 10.9 Å². The Bertz CT molecular complexity index is 874. The molecular weight excluding hydrogens is 292 g/mol. The van der Waals surface area contributed by atoms with Crippen molar-refractivity contribution in [2.75, 3.05) is 6.54 Å². The van der Waals surface area contributed by atoms with Crippen LogP contribution in [0.2, 0.25) is 0 Å². The van der Waals surface area contributed by atoms with Crippen LogP contribution in [0.25, 0.3) is 10.9 Å². The average molecular weight is 308 g/mol. The van der Waals surface area contributed by atoms with Crippen LogP contribution in [-0.2, 0) is 6.54 Å². The first-order valence-corrected chi connectivity index (χ1v) is 7.39. The SMILES string of the molecule is O=C(NCCCn1cnc2ccccc2c1=O)c1ccccn1. The van der Waals surface area contributed by atoms with E-state index in [9.17, 15) is 9.59 Å². The lowest BCUT2D eigenvalue weighted by Crippen LogP contribution is -2.27. The zero-order valence-electron chi connectivity index (χ0n) is 12.5. The van der Waals surface area contributed by atoms with E-state index in [-0.39, 0.29) is 11.5 Å². The van der Waals surface area contributed by atoms with Crippen LogP contribution in [0, 0.1) is 0 Å². The third-order valence-corrected chi connectivity index (χ3v) is 3.49. The van der Waals surface area contributed by atoms with Crippen LogP contribution in [0.1, 0.15) is 16.9 Å². The van der Waals surface area contributed by atoms with Crippen molar-refractivity contribution < 1.29 is 4.79 Å². The number of hydrogen-bond acceptors (Lipinski definition) is 4. The predicted molar refractivity (Wildman–Crippen MR) is 87.2 cm³/mol. The Balaban J connectivity index is 1.58. The summed E-state index contributed by atoms with van der Waals surface area (Å²) in [5, 5.41) is 3.39. The van der Waals surface area contributed by atoms with Gasteiger partial charge in [0, 0.05) is 19.3 Å². The number of aryl methyl sites for hydroxylation is 1. The zero-order chi connectivity index (χ0) is 16.1. The van der Waals surface area contributed by atoms with Gasteiger partial charge in [0.15, 0.2) is 0 Å². The number of pyridine rings is 1. The van der Waals surface area contributed by atoms with Gasteiger partial charge in [-0.1, -0.05) is 18.2 Å². The summed E-state index contributed by atoms with van der Waals surface area (Å²) in [6.45, 7) is 0.966. The van der Waals surface area contributed by atoms with E-state index in [2.05, 4.69) is 15.3 Å². The van der Waals surface area contributed by atoms with Gasteiger partial charge in [0.05, 0.1) is 17.2 Å². The van der Waals surface area contributed by atoms with Crippen LogP contribution in [-0.4, -0.2) is 27.0 Å². The van der Waals surface area contributed by atoms with Crippen LogP contribution in [0.5, 0.6) is 0 Å². The Morgan fingerprint density at radius 2 is 1.91 bits per heavy atom. The molecule has 116 valence electrons. The fourth-order valence-corrected chi connectivity index (χ4v) is 2.30. The van der Waals surface area contributed by atoms with Gasteiger partial charge in [-0.15, -0.1) is 0 Å². The molecule has 6 heteroatoms. The maximum Gasteiger partial charge on any atom is 0.269 e. The molecule has 1 amide bonds. The summed E-state index contributed by atoms with van der Waals surface area (Å²) < 4.78 is 1.56. The van der Waals surface area contributed by atoms with Gasteiger partial charge in [-0.25, -0.2) is 4.98 Å². The summed E-state index contributed by atoms with van der Waals surface area (Å²) in [5.41, 5.74) is 1.01. The van der Waals surface area contributed by atoms with Crippen LogP contribution in [0.3, 0.4) is 0 Å². The molecule has 0 aliphatic carbocycles. The number of benzene rings is 1. The molecule has 1 aromatic carbocycles. The van der Waals surface area contributed by atoms with Crippen molar-refractivity contribution in [3.05, 3.63) is 71.0 Å². The Kier molecular flexibility index (Phi) is 4.42. The van der Waals surface area contributed by atoms with Gasteiger partial charge in [0.25, 0.3) is 11.5 Å². The highest BCUT2D eigenvalue weighted by molar-refractivity contribution is 5.92. The highest BCUT2D eigenvalue weighted by Gasteiger charge is 2.06. The van der Waals surface area contributed by atoms with E-state index in [0.29, 0.717) is 36.1 Å². The van der Waals surface area contributed by atoms with E-state index < -0.39 is 0 Å². The summed E-state index contributed by atoms with van der Waals surface area (Å²) in [7, 11) is 0. The van der Waals surface area contributed by atoms with Gasteiger partial charge in [0.1, 0.15) is 5.69 Å². The maximum absolute atomic E-state index is 12.3. The lowest BCUT2D eigenvalue weighted by atomic mass is 10.2. The second kappa shape index (κ2) is 6.83. The number of nitrogens with one attached hydrogen (secondary N) is 1. The first-order valence-electron chi connectivity index (χ1n) is 7.39. The molecule has 0 saturated carbocycles. The molecule has 0 bridgehead atoms. The molecule has 0 aliphatic rings. The Labute approximate surface area is 132 Å². The van der Waals surface area contributed by atoms with E-state index in [1.807, 2.05) is 18.2 Å². The first-order chi connectivity index (χ1) is 11.3. The minimum Gasteiger partial charge on any atom is -0.351 e. The highest BCUT2D eigenvalue weighted by atomic mass is 16.2. The number of aromatic nitrogens is 3. The Morgan fingerprint density at radius 1 is 1.09 bits per heavy atom. The van der Waals surface area contributed by atoms with Crippen molar-refractivity contribution in [1.29, 1.82) is 0 Å². The van der Waals surface area contributed by atoms with Crippen molar-refractivity contribution in [3.8, 4) is 0 Å². The summed E-state index contributed by atoms with van der Waals surface area (Å²) in [6, 6.07) is 12.4. The largest absolute Gasteiger partial charge is 0.351 e. The molecule has 0 atom stereocenters. The number of rotatable bonds is 5. The molecule has 0 fully saturated rings. The molecule has 0 aliphatic heterocycles. The third-order valence-electron chi connectivity index (χ3n) is 3.49. The highest BCUT2D eigenvalue weighted by Crippen LogP contribution is 2.04. The van der Waals surface area contributed by atoms with Crippen LogP contribution in [0.4, 0.5) is 0 Å². The van der Waals surface area contributed by atoms with E-state index in [4.69, 9.17) is 0 Å². The molecule has 2 aromatic heterocycles. The number of hydrogen-bond donors (Lipinski definition) is 1. The predicted octanol–water partition coefficient (Wildman–Crippen LogP) is 1.61. The van der Waals surface area contributed by atoms with Gasteiger partial charge in [-0.2, -0.15) is 0 Å². The minimum atomic E-state index is -0.213. The minimum absolute atomic E-state index is 0.0633. The molecule has 6 nitrogen and oxygen atoms in total. The van der Waals surface area contributed by atoms with Crippen molar-refractivity contribution in [2.24, 2.45) is 0 Å². The summed E-state index contributed by atoms with van der Waals surface area (Å²) in [6.07, 6.45) is 3.76. The maximum atomic E-state index is 12.3. The van der Waals surface area contributed by atoms with Gasteiger partial charge in [-0.3, -0.25) is 19.1 Å². The second-order valence-electron chi connectivity index (χ2n) is 5.08. The summed E-state index contributed by atoms with van der Waals surface area (Å²) in [4.78, 5) is 32.4. The quantitative estimate of drug-likeness (QED) is 0.727. The number of carbonyl (C=O) groups excluding carboxylic acids is 1. The van der Waals surface area contributed by atoms with Crippen molar-refractivity contribution in [3.63, 3.8) is 0 Å². The molecule has 0 saturated heterocycles. The van der Waals surface area contributed by atoms with E-state index in [1.54, 1.807) is 41.4 Å². The number of nitrogens with zero attached hydrogens (tertiary/aromatic N) is 3. The number of amides is 1. The normalized spacial score (nSPS) is 10.6. The lowest BCUT2D eigenvalue weighted by Gasteiger charge is -2.07. The van der Waals surface area contributed by atoms with Crippen LogP contribution >= 0.6 is 0 Å². The summed E-state index contributed by atoms with van der Waals surface area (Å²) >= 11 is 0. The smallest absolute Gasteiger partial charge is 0.269 e. The zero-order valence-corrected chi connectivity index (χ0v) is 12.5. The van der Waals surface area contributed by atoms with E-state index >= 15 is 0 Å². The molecule has 0 radical (unpaired) electrons. The number of carbonyl (C=O) groups is 1. The van der Waals surface area contributed by atoms with Crippen molar-refractivity contribution in [1.82, 2.24) is 19.9 Å². The summed E-state index contributed by atoms with van der Waals surface area (Å²) in [5.74, 6) is -0.213.